The first-order chi connectivity index (χ1) is 12.1. The summed E-state index contributed by atoms with van der Waals surface area (Å²) in [7, 11) is 0. The Bertz CT molecular complexity index is 699. The number of hydroxylamine groups is 2. The average molecular weight is 341 g/mol. The van der Waals surface area contributed by atoms with Crippen LogP contribution in [0.3, 0.4) is 0 Å². The van der Waals surface area contributed by atoms with E-state index in [-0.39, 0.29) is 18.2 Å². The van der Waals surface area contributed by atoms with E-state index in [0.717, 1.165) is 32.2 Å². The minimum atomic E-state index is -0.0603. The van der Waals surface area contributed by atoms with Gasteiger partial charge in [-0.05, 0) is 54.0 Å². The summed E-state index contributed by atoms with van der Waals surface area (Å²) >= 11 is 0. The number of nitrogens with zero attached hydrogens (tertiary/aromatic N) is 1. The molecule has 3 heteroatoms. The number of hydrogen-bond acceptors (Lipinski definition) is 3. The molecule has 1 saturated heterocycles. The lowest BCUT2D eigenvalue weighted by atomic mass is 9.81. The van der Waals surface area contributed by atoms with Crippen molar-refractivity contribution in [2.75, 3.05) is 6.61 Å². The third-order valence-corrected chi connectivity index (χ3v) is 5.37. The molecule has 1 N–H and O–H groups in total. The Morgan fingerprint density at radius 2 is 1.96 bits per heavy atom. The quantitative estimate of drug-likeness (QED) is 0.775. The van der Waals surface area contributed by atoms with Crippen LogP contribution >= 0.6 is 0 Å². The number of fused-ring (bicyclic) bond motifs is 1. The van der Waals surface area contributed by atoms with Crippen LogP contribution in [0.4, 0.5) is 0 Å². The first-order valence-corrected chi connectivity index (χ1v) is 9.59. The highest BCUT2D eigenvalue weighted by molar-refractivity contribution is 5.82. The third kappa shape index (κ3) is 4.05. The number of aliphatic hydroxyl groups is 1. The summed E-state index contributed by atoms with van der Waals surface area (Å²) in [4.78, 5) is 6.32. The highest BCUT2D eigenvalue weighted by Crippen LogP contribution is 2.41. The zero-order chi connectivity index (χ0) is 17.9. The number of rotatable bonds is 7. The molecule has 0 aliphatic carbocycles. The maximum absolute atomic E-state index is 9.71. The van der Waals surface area contributed by atoms with Gasteiger partial charge in [-0.1, -0.05) is 57.2 Å². The molecule has 2 aromatic carbocycles. The molecule has 136 valence electrons. The van der Waals surface area contributed by atoms with E-state index in [9.17, 15) is 5.11 Å². The molecule has 0 amide bonds. The van der Waals surface area contributed by atoms with E-state index >= 15 is 0 Å². The van der Waals surface area contributed by atoms with Crippen molar-refractivity contribution in [1.29, 1.82) is 0 Å². The predicted molar refractivity (Wildman–Crippen MR) is 103 cm³/mol. The molecular formula is C22H31NO2. The summed E-state index contributed by atoms with van der Waals surface area (Å²) in [6.45, 7) is 7.68. The van der Waals surface area contributed by atoms with Gasteiger partial charge in [0.25, 0.3) is 0 Å². The zero-order valence-corrected chi connectivity index (χ0v) is 15.7. The Kier molecular flexibility index (Phi) is 5.78. The predicted octanol–water partition coefficient (Wildman–Crippen LogP) is 4.92. The second kappa shape index (κ2) is 7.86. The summed E-state index contributed by atoms with van der Waals surface area (Å²) in [6, 6.07) is 15.1. The van der Waals surface area contributed by atoms with E-state index in [1.54, 1.807) is 0 Å². The van der Waals surface area contributed by atoms with Gasteiger partial charge < -0.3 is 5.11 Å². The van der Waals surface area contributed by atoms with Crippen LogP contribution in [0.25, 0.3) is 10.8 Å². The van der Waals surface area contributed by atoms with Crippen molar-refractivity contribution < 1.29 is 9.94 Å². The van der Waals surface area contributed by atoms with Crippen LogP contribution in [0, 0.1) is 5.92 Å². The van der Waals surface area contributed by atoms with Crippen molar-refractivity contribution in [3.63, 3.8) is 0 Å². The molecule has 1 aliphatic rings. The number of hydrogen-bond donors (Lipinski definition) is 1. The molecule has 0 radical (unpaired) electrons. The normalized spacial score (nSPS) is 24.4. The van der Waals surface area contributed by atoms with Gasteiger partial charge in [0.2, 0.25) is 0 Å². The Labute approximate surface area is 151 Å². The summed E-state index contributed by atoms with van der Waals surface area (Å²) < 4.78 is 0. The summed E-state index contributed by atoms with van der Waals surface area (Å²) in [5.74, 6) is 0.574. The standard InChI is InChI=1S/C22H31NO2/c1-4-21-15-22(11-12-24,14-17(2)3)23(25-21)16-18-9-10-19-7-5-6-8-20(19)13-18/h5-10,13,17,21,24H,4,11-12,14-16H2,1-3H3/t21-,22+/m0/s1. The van der Waals surface area contributed by atoms with Crippen LogP contribution < -0.4 is 0 Å². The van der Waals surface area contributed by atoms with Gasteiger partial charge in [-0.15, -0.1) is 0 Å². The minimum absolute atomic E-state index is 0.0603. The van der Waals surface area contributed by atoms with Crippen molar-refractivity contribution in [1.82, 2.24) is 5.06 Å². The van der Waals surface area contributed by atoms with Gasteiger partial charge in [0.1, 0.15) is 0 Å². The maximum Gasteiger partial charge on any atom is 0.0809 e. The topological polar surface area (TPSA) is 32.7 Å². The minimum Gasteiger partial charge on any atom is -0.396 e. The molecule has 3 nitrogen and oxygen atoms in total. The molecule has 0 saturated carbocycles. The molecule has 0 aromatic heterocycles. The molecule has 1 heterocycles. The van der Waals surface area contributed by atoms with Crippen molar-refractivity contribution in [3.8, 4) is 0 Å². The third-order valence-electron chi connectivity index (χ3n) is 5.37. The SMILES string of the molecule is CC[C@H]1C[C@@](CCO)(CC(C)C)N(Cc2ccc3ccccc3c2)O1. The lowest BCUT2D eigenvalue weighted by Gasteiger charge is -2.37. The Morgan fingerprint density at radius 1 is 1.20 bits per heavy atom. The highest BCUT2D eigenvalue weighted by atomic mass is 16.7. The lowest BCUT2D eigenvalue weighted by Crippen LogP contribution is -2.44. The molecule has 3 rings (SSSR count). The van der Waals surface area contributed by atoms with E-state index < -0.39 is 0 Å². The zero-order valence-electron chi connectivity index (χ0n) is 15.7. The van der Waals surface area contributed by atoms with E-state index in [0.29, 0.717) is 5.92 Å². The van der Waals surface area contributed by atoms with Gasteiger partial charge >= 0.3 is 0 Å². The average Bonchev–Trinajstić information content (AvgIpc) is 2.91. The molecule has 0 unspecified atom stereocenters. The van der Waals surface area contributed by atoms with Crippen molar-refractivity contribution >= 4 is 10.8 Å². The first-order valence-electron chi connectivity index (χ1n) is 9.59. The summed E-state index contributed by atoms with van der Waals surface area (Å²) in [6.07, 6.45) is 4.10. The van der Waals surface area contributed by atoms with Crippen LogP contribution in [0.1, 0.15) is 52.0 Å². The molecule has 1 fully saturated rings. The monoisotopic (exact) mass is 341 g/mol. The van der Waals surface area contributed by atoms with Crippen LogP contribution in [-0.2, 0) is 11.4 Å². The Hall–Kier alpha value is -1.42. The van der Waals surface area contributed by atoms with Gasteiger partial charge in [-0.25, -0.2) is 0 Å². The summed E-state index contributed by atoms with van der Waals surface area (Å²) in [5, 5.41) is 14.4. The van der Waals surface area contributed by atoms with Crippen LogP contribution in [0.15, 0.2) is 42.5 Å². The molecule has 2 atom stereocenters. The Morgan fingerprint density at radius 3 is 2.64 bits per heavy atom. The van der Waals surface area contributed by atoms with E-state index in [2.05, 4.69) is 68.3 Å². The molecule has 25 heavy (non-hydrogen) atoms. The second-order valence-corrected chi connectivity index (χ2v) is 7.85. The highest BCUT2D eigenvalue weighted by Gasteiger charge is 2.46. The van der Waals surface area contributed by atoms with Crippen LogP contribution in [0.5, 0.6) is 0 Å². The lowest BCUT2D eigenvalue weighted by molar-refractivity contribution is -0.201. The fourth-order valence-electron chi connectivity index (χ4n) is 4.26. The van der Waals surface area contributed by atoms with Crippen molar-refractivity contribution in [3.05, 3.63) is 48.0 Å². The number of aliphatic hydroxyl groups excluding tert-OH is 1. The molecule has 2 aromatic rings. The van der Waals surface area contributed by atoms with Gasteiger partial charge in [0.15, 0.2) is 0 Å². The second-order valence-electron chi connectivity index (χ2n) is 7.85. The summed E-state index contributed by atoms with van der Waals surface area (Å²) in [5.41, 5.74) is 1.21. The fourth-order valence-corrected chi connectivity index (χ4v) is 4.26. The Balaban J connectivity index is 1.87. The van der Waals surface area contributed by atoms with Gasteiger partial charge in [0.05, 0.1) is 11.6 Å². The molecule has 0 bridgehead atoms. The van der Waals surface area contributed by atoms with Gasteiger partial charge in [-0.2, -0.15) is 5.06 Å². The molecule has 1 aliphatic heterocycles. The van der Waals surface area contributed by atoms with Crippen molar-refractivity contribution in [2.24, 2.45) is 5.92 Å². The van der Waals surface area contributed by atoms with Crippen molar-refractivity contribution in [2.45, 2.75) is 64.6 Å². The molecular weight excluding hydrogens is 310 g/mol. The van der Waals surface area contributed by atoms with Crippen LogP contribution in [-0.4, -0.2) is 28.4 Å². The smallest absolute Gasteiger partial charge is 0.0809 e. The molecule has 0 spiro atoms. The van der Waals surface area contributed by atoms with E-state index in [4.69, 9.17) is 4.84 Å². The van der Waals surface area contributed by atoms with E-state index in [1.165, 1.54) is 16.3 Å². The van der Waals surface area contributed by atoms with Gasteiger partial charge in [0, 0.05) is 13.2 Å². The maximum atomic E-state index is 9.71. The fraction of sp³-hybridized carbons (Fsp3) is 0.545. The number of benzene rings is 2. The van der Waals surface area contributed by atoms with Crippen LogP contribution in [0.2, 0.25) is 0 Å². The first kappa shape index (κ1) is 18.4. The largest absolute Gasteiger partial charge is 0.396 e. The van der Waals surface area contributed by atoms with Gasteiger partial charge in [-0.3, -0.25) is 4.84 Å². The van der Waals surface area contributed by atoms with E-state index in [1.807, 2.05) is 0 Å².